The van der Waals surface area contributed by atoms with Crippen molar-refractivity contribution < 1.29 is 0 Å². The Bertz CT molecular complexity index is 573. The predicted octanol–water partition coefficient (Wildman–Crippen LogP) is 3.65. The van der Waals surface area contributed by atoms with E-state index in [1.165, 1.54) is 12.0 Å². The van der Waals surface area contributed by atoms with Gasteiger partial charge in [0.05, 0.1) is 16.6 Å². The van der Waals surface area contributed by atoms with Gasteiger partial charge in [-0.05, 0) is 50.9 Å². The molecule has 0 amide bonds. The van der Waals surface area contributed by atoms with Crippen LogP contribution in [0.2, 0.25) is 0 Å². The highest BCUT2D eigenvalue weighted by atomic mass is 79.9. The lowest BCUT2D eigenvalue weighted by molar-refractivity contribution is 0.412. The van der Waals surface area contributed by atoms with Crippen molar-refractivity contribution in [1.82, 2.24) is 15.3 Å². The molecule has 0 bridgehead atoms. The fraction of sp³-hybridized carbons (Fsp3) is 0.462. The van der Waals surface area contributed by atoms with Gasteiger partial charge in [-0.1, -0.05) is 15.9 Å². The third kappa shape index (κ3) is 2.17. The van der Waals surface area contributed by atoms with E-state index in [-0.39, 0.29) is 17.9 Å². The van der Waals surface area contributed by atoms with Crippen LogP contribution in [0.4, 0.5) is 0 Å². The zero-order valence-corrected chi connectivity index (χ0v) is 12.9. The zero-order chi connectivity index (χ0) is 12.0. The number of benzene rings is 1. The first-order chi connectivity index (χ1) is 8.08. The van der Waals surface area contributed by atoms with Gasteiger partial charge in [-0.2, -0.15) is 0 Å². The van der Waals surface area contributed by atoms with Crippen molar-refractivity contribution >= 4 is 39.4 Å². The molecule has 1 aliphatic heterocycles. The summed E-state index contributed by atoms with van der Waals surface area (Å²) in [6.45, 7) is 5.40. The standard InChI is InChI=1S/C13H16BrN3.ClH/c1-8-6-9(14)7-10-11(8)17-12(16-10)13(2)4-3-5-15-13;/h6-7,15H,3-5H2,1-2H3,(H,16,17);1H/t13-;/m0./s1. The van der Waals surface area contributed by atoms with Gasteiger partial charge in [-0.25, -0.2) is 4.98 Å². The van der Waals surface area contributed by atoms with E-state index < -0.39 is 0 Å². The van der Waals surface area contributed by atoms with E-state index in [0.29, 0.717) is 0 Å². The molecule has 3 nitrogen and oxygen atoms in total. The van der Waals surface area contributed by atoms with E-state index >= 15 is 0 Å². The Balaban J connectivity index is 0.00000120. The lowest BCUT2D eigenvalue weighted by Crippen LogP contribution is -2.34. The van der Waals surface area contributed by atoms with Crippen LogP contribution in [0.1, 0.15) is 31.2 Å². The molecular formula is C13H17BrClN3. The first-order valence-corrected chi connectivity index (χ1v) is 6.79. The molecule has 1 fully saturated rings. The van der Waals surface area contributed by atoms with Gasteiger partial charge < -0.3 is 10.3 Å². The summed E-state index contributed by atoms with van der Waals surface area (Å²) >= 11 is 3.53. The van der Waals surface area contributed by atoms with Crippen LogP contribution >= 0.6 is 28.3 Å². The van der Waals surface area contributed by atoms with Gasteiger partial charge in [0.25, 0.3) is 0 Å². The van der Waals surface area contributed by atoms with Crippen molar-refractivity contribution in [2.75, 3.05) is 6.54 Å². The molecule has 18 heavy (non-hydrogen) atoms. The molecule has 98 valence electrons. The molecule has 1 atom stereocenters. The number of aromatic nitrogens is 2. The largest absolute Gasteiger partial charge is 0.340 e. The lowest BCUT2D eigenvalue weighted by Gasteiger charge is -2.21. The van der Waals surface area contributed by atoms with E-state index in [4.69, 9.17) is 4.98 Å². The summed E-state index contributed by atoms with van der Waals surface area (Å²) < 4.78 is 1.10. The van der Waals surface area contributed by atoms with Gasteiger partial charge in [-0.15, -0.1) is 12.4 Å². The third-order valence-corrected chi connectivity index (χ3v) is 4.09. The molecule has 1 aliphatic rings. The number of H-pyrrole nitrogens is 1. The Morgan fingerprint density at radius 1 is 1.39 bits per heavy atom. The molecule has 3 rings (SSSR count). The highest BCUT2D eigenvalue weighted by Gasteiger charge is 2.33. The molecule has 0 radical (unpaired) electrons. The Morgan fingerprint density at radius 3 is 2.83 bits per heavy atom. The SMILES string of the molecule is Cc1cc(Br)cc2[nH]c([C@]3(C)CCCN3)nc12.Cl. The van der Waals surface area contributed by atoms with Gasteiger partial charge in [0.2, 0.25) is 0 Å². The van der Waals surface area contributed by atoms with E-state index in [1.54, 1.807) is 0 Å². The third-order valence-electron chi connectivity index (χ3n) is 3.63. The first kappa shape index (κ1) is 13.8. The molecule has 1 saturated heterocycles. The maximum absolute atomic E-state index is 4.77. The monoisotopic (exact) mass is 329 g/mol. The fourth-order valence-electron chi connectivity index (χ4n) is 2.60. The van der Waals surface area contributed by atoms with Crippen molar-refractivity contribution in [1.29, 1.82) is 0 Å². The Morgan fingerprint density at radius 2 is 2.17 bits per heavy atom. The van der Waals surface area contributed by atoms with Crippen molar-refractivity contribution in [3.8, 4) is 0 Å². The van der Waals surface area contributed by atoms with E-state index in [2.05, 4.69) is 52.2 Å². The van der Waals surface area contributed by atoms with E-state index in [9.17, 15) is 0 Å². The summed E-state index contributed by atoms with van der Waals surface area (Å²) in [7, 11) is 0. The van der Waals surface area contributed by atoms with Crippen molar-refractivity contribution in [3.63, 3.8) is 0 Å². The maximum Gasteiger partial charge on any atom is 0.127 e. The maximum atomic E-state index is 4.77. The molecule has 0 aliphatic carbocycles. The molecule has 1 aromatic carbocycles. The second-order valence-electron chi connectivity index (χ2n) is 5.07. The number of hydrogen-bond donors (Lipinski definition) is 2. The Kier molecular flexibility index (Phi) is 3.72. The average Bonchev–Trinajstić information content (AvgIpc) is 2.84. The van der Waals surface area contributed by atoms with Crippen LogP contribution in [0.5, 0.6) is 0 Å². The highest BCUT2D eigenvalue weighted by Crippen LogP contribution is 2.31. The van der Waals surface area contributed by atoms with Gasteiger partial charge in [0.15, 0.2) is 0 Å². The van der Waals surface area contributed by atoms with Gasteiger partial charge >= 0.3 is 0 Å². The number of halogens is 2. The van der Waals surface area contributed by atoms with Crippen LogP contribution in [0.25, 0.3) is 11.0 Å². The molecule has 2 N–H and O–H groups in total. The average molecular weight is 331 g/mol. The summed E-state index contributed by atoms with van der Waals surface area (Å²) in [5.41, 5.74) is 3.41. The minimum Gasteiger partial charge on any atom is -0.340 e. The van der Waals surface area contributed by atoms with Crippen LogP contribution < -0.4 is 5.32 Å². The molecule has 1 aromatic heterocycles. The fourth-order valence-corrected chi connectivity index (χ4v) is 3.18. The van der Waals surface area contributed by atoms with Crippen LogP contribution in [-0.2, 0) is 5.54 Å². The Hall–Kier alpha value is -0.580. The van der Waals surface area contributed by atoms with Crippen LogP contribution in [-0.4, -0.2) is 16.5 Å². The molecule has 2 heterocycles. The van der Waals surface area contributed by atoms with Gasteiger partial charge in [-0.3, -0.25) is 0 Å². The number of fused-ring (bicyclic) bond motifs is 1. The summed E-state index contributed by atoms with van der Waals surface area (Å²) in [4.78, 5) is 8.22. The topological polar surface area (TPSA) is 40.7 Å². The van der Waals surface area contributed by atoms with Crippen molar-refractivity contribution in [2.24, 2.45) is 0 Å². The number of aromatic amines is 1. The zero-order valence-electron chi connectivity index (χ0n) is 10.5. The van der Waals surface area contributed by atoms with Crippen LogP contribution in [0.3, 0.4) is 0 Å². The summed E-state index contributed by atoms with van der Waals surface area (Å²) in [6.07, 6.45) is 2.36. The lowest BCUT2D eigenvalue weighted by atomic mass is 10.00. The second kappa shape index (κ2) is 4.83. The molecule has 2 aromatic rings. The summed E-state index contributed by atoms with van der Waals surface area (Å²) in [5.74, 6) is 1.06. The van der Waals surface area contributed by atoms with Crippen LogP contribution in [0.15, 0.2) is 16.6 Å². The van der Waals surface area contributed by atoms with E-state index in [0.717, 1.165) is 34.3 Å². The number of imidazole rings is 1. The molecule has 0 spiro atoms. The number of aryl methyl sites for hydroxylation is 1. The van der Waals surface area contributed by atoms with Gasteiger partial charge in [0, 0.05) is 4.47 Å². The highest BCUT2D eigenvalue weighted by molar-refractivity contribution is 9.10. The molecule has 0 unspecified atom stereocenters. The second-order valence-corrected chi connectivity index (χ2v) is 5.98. The first-order valence-electron chi connectivity index (χ1n) is 6.00. The smallest absolute Gasteiger partial charge is 0.127 e. The summed E-state index contributed by atoms with van der Waals surface area (Å²) in [5, 5.41) is 3.54. The van der Waals surface area contributed by atoms with Crippen molar-refractivity contribution in [3.05, 3.63) is 28.0 Å². The number of rotatable bonds is 1. The minimum atomic E-state index is 0. The summed E-state index contributed by atoms with van der Waals surface area (Å²) in [6, 6.07) is 4.20. The number of nitrogens with zero attached hydrogens (tertiary/aromatic N) is 1. The van der Waals surface area contributed by atoms with Crippen molar-refractivity contribution in [2.45, 2.75) is 32.2 Å². The number of nitrogens with one attached hydrogen (secondary N) is 2. The minimum absolute atomic E-state index is 0. The Labute approximate surface area is 121 Å². The van der Waals surface area contributed by atoms with Gasteiger partial charge in [0.1, 0.15) is 5.82 Å². The van der Waals surface area contributed by atoms with E-state index in [1.807, 2.05) is 0 Å². The predicted molar refractivity (Wildman–Crippen MR) is 80.4 cm³/mol. The quantitative estimate of drug-likeness (QED) is 0.838. The van der Waals surface area contributed by atoms with Crippen LogP contribution in [0, 0.1) is 6.92 Å². The molecular weight excluding hydrogens is 314 g/mol. The number of hydrogen-bond acceptors (Lipinski definition) is 2. The molecule has 0 saturated carbocycles. The normalized spacial score (nSPS) is 23.3. The molecule has 5 heteroatoms.